The number of thiazole rings is 1. The third-order valence-corrected chi connectivity index (χ3v) is 6.48. The van der Waals surface area contributed by atoms with Crippen LogP contribution >= 0.6 is 22.7 Å². The van der Waals surface area contributed by atoms with E-state index in [2.05, 4.69) is 15.0 Å². The highest BCUT2D eigenvalue weighted by Crippen LogP contribution is 2.26. The van der Waals surface area contributed by atoms with Crippen LogP contribution < -0.4 is 10.0 Å². The number of thiophene rings is 1. The summed E-state index contributed by atoms with van der Waals surface area (Å²) in [5.41, 5.74) is 0. The molecule has 0 amide bonds. The highest BCUT2D eigenvalue weighted by atomic mass is 32.2. The average molecular weight is 346 g/mol. The second-order valence-electron chi connectivity index (χ2n) is 4.44. The maximum Gasteiger partial charge on any atom is 0.242 e. The first-order valence-electron chi connectivity index (χ1n) is 6.77. The van der Waals surface area contributed by atoms with Gasteiger partial charge in [-0.3, -0.25) is 0 Å². The molecule has 0 aliphatic heterocycles. The highest BCUT2D eigenvalue weighted by Gasteiger charge is 2.24. The van der Waals surface area contributed by atoms with E-state index in [1.807, 2.05) is 24.6 Å². The fourth-order valence-electron chi connectivity index (χ4n) is 1.90. The Morgan fingerprint density at radius 3 is 2.71 bits per heavy atom. The minimum Gasteiger partial charge on any atom is -0.312 e. The third-order valence-electron chi connectivity index (χ3n) is 2.98. The van der Waals surface area contributed by atoms with Crippen molar-refractivity contribution >= 4 is 32.7 Å². The predicted molar refractivity (Wildman–Crippen MR) is 87.2 cm³/mol. The minimum absolute atomic E-state index is 0.276. The van der Waals surface area contributed by atoms with E-state index in [9.17, 15) is 8.42 Å². The van der Waals surface area contributed by atoms with Crippen molar-refractivity contribution in [3.63, 3.8) is 0 Å². The van der Waals surface area contributed by atoms with Gasteiger partial charge in [0.2, 0.25) is 10.0 Å². The first-order chi connectivity index (χ1) is 10.1. The fraction of sp³-hybridized carbons (Fsp3) is 0.462. The molecule has 2 rings (SSSR count). The molecule has 5 nitrogen and oxygen atoms in total. The lowest BCUT2D eigenvalue weighted by molar-refractivity contribution is 0.548. The molecule has 0 aliphatic rings. The Labute approximate surface area is 133 Å². The van der Waals surface area contributed by atoms with Crippen molar-refractivity contribution < 1.29 is 8.42 Å². The molecule has 1 atom stereocenters. The van der Waals surface area contributed by atoms with Crippen molar-refractivity contribution in [2.75, 3.05) is 6.54 Å². The van der Waals surface area contributed by atoms with Gasteiger partial charge in [0.05, 0.1) is 10.9 Å². The standard InChI is InChI=1S/C13H19N3O2S3/c1-3-10(13-15-6-8-20-13)16-21(17,18)12-5-7-19-11(12)9-14-4-2/h5-8,10,14,16H,3-4,9H2,1-2H3. The summed E-state index contributed by atoms with van der Waals surface area (Å²) in [6.45, 7) is 5.32. The summed E-state index contributed by atoms with van der Waals surface area (Å²) in [6, 6.07) is 1.38. The van der Waals surface area contributed by atoms with Crippen LogP contribution in [0.4, 0.5) is 0 Å². The number of rotatable bonds is 8. The Bertz CT molecular complexity index is 650. The molecular formula is C13H19N3O2S3. The van der Waals surface area contributed by atoms with Gasteiger partial charge in [0.1, 0.15) is 5.01 Å². The van der Waals surface area contributed by atoms with Crippen molar-refractivity contribution in [3.05, 3.63) is 32.9 Å². The zero-order chi connectivity index (χ0) is 15.3. The van der Waals surface area contributed by atoms with Gasteiger partial charge < -0.3 is 5.32 Å². The minimum atomic E-state index is -3.53. The highest BCUT2D eigenvalue weighted by molar-refractivity contribution is 7.89. The van der Waals surface area contributed by atoms with E-state index in [0.717, 1.165) is 16.4 Å². The Morgan fingerprint density at radius 1 is 1.29 bits per heavy atom. The first-order valence-corrected chi connectivity index (χ1v) is 10.0. The summed E-state index contributed by atoms with van der Waals surface area (Å²) < 4.78 is 27.9. The second-order valence-corrected chi connectivity index (χ2v) is 8.05. The van der Waals surface area contributed by atoms with Gasteiger partial charge in [-0.05, 0) is 24.4 Å². The number of aromatic nitrogens is 1. The molecular weight excluding hydrogens is 326 g/mol. The molecule has 21 heavy (non-hydrogen) atoms. The van der Waals surface area contributed by atoms with Crippen LogP contribution in [0.15, 0.2) is 27.9 Å². The van der Waals surface area contributed by atoms with E-state index in [0.29, 0.717) is 17.9 Å². The molecule has 2 aromatic rings. The van der Waals surface area contributed by atoms with Crippen LogP contribution in [0.25, 0.3) is 0 Å². The number of nitrogens with one attached hydrogen (secondary N) is 2. The van der Waals surface area contributed by atoms with E-state index >= 15 is 0 Å². The molecule has 0 spiro atoms. The van der Waals surface area contributed by atoms with Crippen LogP contribution in [0.2, 0.25) is 0 Å². The first kappa shape index (κ1) is 16.6. The lowest BCUT2D eigenvalue weighted by Crippen LogP contribution is -2.29. The van der Waals surface area contributed by atoms with Crippen molar-refractivity contribution in [2.45, 2.75) is 37.8 Å². The zero-order valence-electron chi connectivity index (χ0n) is 12.0. The molecule has 0 aromatic carbocycles. The molecule has 0 radical (unpaired) electrons. The van der Waals surface area contributed by atoms with Crippen LogP contribution in [-0.4, -0.2) is 19.9 Å². The summed E-state index contributed by atoms with van der Waals surface area (Å²) in [7, 11) is -3.53. The smallest absolute Gasteiger partial charge is 0.242 e. The second kappa shape index (κ2) is 7.46. The molecule has 0 saturated heterocycles. The van der Waals surface area contributed by atoms with Crippen molar-refractivity contribution in [2.24, 2.45) is 0 Å². The van der Waals surface area contributed by atoms with Crippen LogP contribution in [0.3, 0.4) is 0 Å². The third kappa shape index (κ3) is 4.10. The van der Waals surface area contributed by atoms with Gasteiger partial charge in [0.15, 0.2) is 0 Å². The Hall–Kier alpha value is -0.800. The Kier molecular flexibility index (Phi) is 5.88. The monoisotopic (exact) mass is 345 g/mol. The van der Waals surface area contributed by atoms with Crippen molar-refractivity contribution in [1.82, 2.24) is 15.0 Å². The summed E-state index contributed by atoms with van der Waals surface area (Å²) in [5.74, 6) is 0. The molecule has 1 unspecified atom stereocenters. The quantitative estimate of drug-likeness (QED) is 0.772. The zero-order valence-corrected chi connectivity index (χ0v) is 14.4. The molecule has 2 aromatic heterocycles. The fourth-order valence-corrected chi connectivity index (χ4v) is 5.45. The SMILES string of the molecule is CCNCc1sccc1S(=O)(=O)NC(CC)c1nccs1. The lowest BCUT2D eigenvalue weighted by Gasteiger charge is -2.15. The molecule has 0 aliphatic carbocycles. The predicted octanol–water partition coefficient (Wildman–Crippen LogP) is 2.74. The maximum atomic E-state index is 12.6. The van der Waals surface area contributed by atoms with Gasteiger partial charge in [0.25, 0.3) is 0 Å². The van der Waals surface area contributed by atoms with Crippen LogP contribution in [0.5, 0.6) is 0 Å². The van der Waals surface area contributed by atoms with Gasteiger partial charge in [-0.15, -0.1) is 22.7 Å². The van der Waals surface area contributed by atoms with Gasteiger partial charge in [0, 0.05) is 23.0 Å². The number of sulfonamides is 1. The van der Waals surface area contributed by atoms with E-state index in [1.165, 1.54) is 22.7 Å². The normalized spacial score (nSPS) is 13.4. The van der Waals surface area contributed by atoms with E-state index < -0.39 is 10.0 Å². The lowest BCUT2D eigenvalue weighted by atomic mass is 10.3. The number of nitrogens with zero attached hydrogens (tertiary/aromatic N) is 1. The van der Waals surface area contributed by atoms with E-state index in [4.69, 9.17) is 0 Å². The summed E-state index contributed by atoms with van der Waals surface area (Å²) >= 11 is 2.92. The molecule has 8 heteroatoms. The number of hydrogen-bond acceptors (Lipinski definition) is 6. The maximum absolute atomic E-state index is 12.6. The van der Waals surface area contributed by atoms with E-state index in [-0.39, 0.29) is 6.04 Å². The Morgan fingerprint density at radius 2 is 2.10 bits per heavy atom. The van der Waals surface area contributed by atoms with Gasteiger partial charge in [-0.25, -0.2) is 18.1 Å². The Balaban J connectivity index is 2.20. The topological polar surface area (TPSA) is 71.1 Å². The van der Waals surface area contributed by atoms with Crippen molar-refractivity contribution in [3.8, 4) is 0 Å². The summed E-state index contributed by atoms with van der Waals surface area (Å²) in [6.07, 6.45) is 2.36. The summed E-state index contributed by atoms with van der Waals surface area (Å²) in [5, 5.41) is 7.63. The molecule has 116 valence electrons. The molecule has 2 heterocycles. The van der Waals surface area contributed by atoms with Gasteiger partial charge >= 0.3 is 0 Å². The largest absolute Gasteiger partial charge is 0.312 e. The molecule has 0 saturated carbocycles. The van der Waals surface area contributed by atoms with Gasteiger partial charge in [-0.2, -0.15) is 0 Å². The molecule has 2 N–H and O–H groups in total. The average Bonchev–Trinajstić information content (AvgIpc) is 3.13. The molecule has 0 bridgehead atoms. The van der Waals surface area contributed by atoms with Crippen LogP contribution in [0.1, 0.15) is 36.2 Å². The van der Waals surface area contributed by atoms with Crippen molar-refractivity contribution in [1.29, 1.82) is 0 Å². The van der Waals surface area contributed by atoms with E-state index in [1.54, 1.807) is 12.3 Å². The summed E-state index contributed by atoms with van der Waals surface area (Å²) in [4.78, 5) is 5.40. The van der Waals surface area contributed by atoms with Crippen LogP contribution in [-0.2, 0) is 16.6 Å². The number of hydrogen-bond donors (Lipinski definition) is 2. The van der Waals surface area contributed by atoms with Crippen LogP contribution in [0, 0.1) is 0 Å². The van der Waals surface area contributed by atoms with Gasteiger partial charge in [-0.1, -0.05) is 13.8 Å². The molecule has 0 fully saturated rings.